The van der Waals surface area contributed by atoms with E-state index in [4.69, 9.17) is 0 Å². The van der Waals surface area contributed by atoms with Crippen LogP contribution in [0.2, 0.25) is 0 Å². The zero-order chi connectivity index (χ0) is 17.3. The number of azo groups is 1. The van der Waals surface area contributed by atoms with Crippen LogP contribution in [0.15, 0.2) is 69.7 Å². The third-order valence-corrected chi connectivity index (χ3v) is 4.59. The van der Waals surface area contributed by atoms with E-state index >= 15 is 0 Å². The van der Waals surface area contributed by atoms with Gasteiger partial charge in [-0.25, -0.2) is 0 Å². The maximum atomic E-state index is 11.4. The van der Waals surface area contributed by atoms with E-state index in [1.54, 1.807) is 19.1 Å². The molecule has 0 unspecified atom stereocenters. The van der Waals surface area contributed by atoms with Gasteiger partial charge in [0, 0.05) is 5.39 Å². The van der Waals surface area contributed by atoms with Crippen LogP contribution >= 0.6 is 0 Å². The van der Waals surface area contributed by atoms with Gasteiger partial charge in [-0.2, -0.15) is 13.5 Å². The maximum absolute atomic E-state index is 11.4. The van der Waals surface area contributed by atoms with Crippen LogP contribution in [0.25, 0.3) is 10.8 Å². The van der Waals surface area contributed by atoms with Crippen molar-refractivity contribution in [2.45, 2.75) is 11.8 Å². The van der Waals surface area contributed by atoms with E-state index in [0.29, 0.717) is 11.3 Å². The van der Waals surface area contributed by atoms with Crippen LogP contribution < -0.4 is 0 Å². The second-order valence-corrected chi connectivity index (χ2v) is 6.67. The Hall–Kier alpha value is -1.29. The SMILES string of the molecule is Cc1ccc(/N=N/c2c(O)ccc3ccccc23)cc1S(=O)(=O)O.[SrH2]. The molecule has 0 bridgehead atoms. The van der Waals surface area contributed by atoms with Crippen molar-refractivity contribution in [3.05, 3.63) is 60.2 Å². The monoisotopic (exact) mass is 432 g/mol. The molecule has 0 saturated heterocycles. The van der Waals surface area contributed by atoms with Crippen LogP contribution in [0.3, 0.4) is 0 Å². The summed E-state index contributed by atoms with van der Waals surface area (Å²) in [7, 11) is -4.33. The molecule has 8 heteroatoms. The number of benzene rings is 3. The molecular formula is C17H16N2O4SSr. The van der Waals surface area contributed by atoms with Crippen LogP contribution in [-0.2, 0) is 10.1 Å². The van der Waals surface area contributed by atoms with Gasteiger partial charge in [0.25, 0.3) is 10.1 Å². The molecule has 0 aliphatic heterocycles. The zero-order valence-electron chi connectivity index (χ0n) is 12.7. The molecule has 0 saturated carbocycles. The minimum atomic E-state index is -4.33. The molecule has 0 heterocycles. The van der Waals surface area contributed by atoms with Crippen LogP contribution in [-0.4, -0.2) is 63.6 Å². The fraction of sp³-hybridized carbons (Fsp3) is 0.0588. The number of phenolic OH excluding ortho intramolecular Hbond substituents is 1. The third kappa shape index (κ3) is 4.46. The van der Waals surface area contributed by atoms with E-state index in [1.165, 1.54) is 18.2 Å². The van der Waals surface area contributed by atoms with Crippen molar-refractivity contribution < 1.29 is 18.1 Å². The number of hydrogen-bond acceptors (Lipinski definition) is 5. The number of nitrogens with zero attached hydrogens (tertiary/aromatic N) is 2. The molecule has 2 N–H and O–H groups in total. The first-order chi connectivity index (χ1) is 11.4. The molecule has 126 valence electrons. The minimum absolute atomic E-state index is 0. The van der Waals surface area contributed by atoms with Crippen LogP contribution in [0.4, 0.5) is 11.4 Å². The number of phenols is 1. The molecule has 25 heavy (non-hydrogen) atoms. The molecule has 0 amide bonds. The first-order valence-electron chi connectivity index (χ1n) is 7.07. The average Bonchev–Trinajstić information content (AvgIpc) is 2.54. The van der Waals surface area contributed by atoms with Crippen molar-refractivity contribution in [1.29, 1.82) is 0 Å². The topological polar surface area (TPSA) is 99.3 Å². The molecule has 0 aliphatic carbocycles. The van der Waals surface area contributed by atoms with Gasteiger partial charge in [0.05, 0.1) is 10.6 Å². The zero-order valence-corrected chi connectivity index (χ0v) is 13.5. The fourth-order valence-corrected chi connectivity index (χ4v) is 3.13. The third-order valence-electron chi connectivity index (χ3n) is 3.59. The summed E-state index contributed by atoms with van der Waals surface area (Å²) >= 11 is 0. The average molecular weight is 432 g/mol. The van der Waals surface area contributed by atoms with E-state index in [2.05, 4.69) is 10.2 Å². The normalized spacial score (nSPS) is 11.6. The van der Waals surface area contributed by atoms with Gasteiger partial charge in [0.15, 0.2) is 0 Å². The molecule has 0 fully saturated rings. The Morgan fingerprint density at radius 2 is 1.68 bits per heavy atom. The Bertz CT molecular complexity index is 1070. The molecule has 0 aliphatic rings. The van der Waals surface area contributed by atoms with Crippen LogP contribution in [0.5, 0.6) is 5.75 Å². The van der Waals surface area contributed by atoms with Gasteiger partial charge >= 0.3 is 45.5 Å². The predicted octanol–water partition coefficient (Wildman–Crippen LogP) is 3.60. The van der Waals surface area contributed by atoms with E-state index in [-0.39, 0.29) is 61.8 Å². The molecule has 0 atom stereocenters. The van der Waals surface area contributed by atoms with Gasteiger partial charge < -0.3 is 5.11 Å². The van der Waals surface area contributed by atoms with E-state index < -0.39 is 10.1 Å². The van der Waals surface area contributed by atoms with Crippen LogP contribution in [0.1, 0.15) is 5.56 Å². The van der Waals surface area contributed by atoms with Crippen LogP contribution in [0, 0.1) is 6.92 Å². The van der Waals surface area contributed by atoms with Crippen molar-refractivity contribution in [3.8, 4) is 5.75 Å². The number of aromatic hydroxyl groups is 1. The Morgan fingerprint density at radius 1 is 0.960 bits per heavy atom. The second kappa shape index (κ2) is 7.94. The van der Waals surface area contributed by atoms with Gasteiger partial charge in [0.1, 0.15) is 11.4 Å². The van der Waals surface area contributed by atoms with Crippen molar-refractivity contribution in [2.24, 2.45) is 10.2 Å². The van der Waals surface area contributed by atoms with Crippen molar-refractivity contribution in [2.75, 3.05) is 0 Å². The Kier molecular flexibility index (Phi) is 6.36. The van der Waals surface area contributed by atoms with Gasteiger partial charge in [-0.1, -0.05) is 36.4 Å². The first kappa shape index (κ1) is 20.0. The summed E-state index contributed by atoms with van der Waals surface area (Å²) in [6, 6.07) is 15.0. The summed E-state index contributed by atoms with van der Waals surface area (Å²) in [4.78, 5) is -0.221. The van der Waals surface area contributed by atoms with E-state index in [0.717, 1.165) is 10.8 Å². The van der Waals surface area contributed by atoms with Gasteiger partial charge in [-0.05, 0) is 36.1 Å². The summed E-state index contributed by atoms with van der Waals surface area (Å²) in [6.07, 6.45) is 0. The van der Waals surface area contributed by atoms with E-state index in [1.807, 2.05) is 24.3 Å². The first-order valence-corrected chi connectivity index (χ1v) is 8.51. The number of rotatable bonds is 3. The van der Waals surface area contributed by atoms with Gasteiger partial charge in [-0.3, -0.25) is 4.55 Å². The van der Waals surface area contributed by atoms with Crippen molar-refractivity contribution >= 4 is 77.7 Å². The summed E-state index contributed by atoms with van der Waals surface area (Å²) in [6.45, 7) is 1.57. The Balaban J connectivity index is 0.00000225. The quantitative estimate of drug-likeness (QED) is 0.376. The second-order valence-electron chi connectivity index (χ2n) is 5.28. The van der Waals surface area contributed by atoms with Crippen molar-refractivity contribution in [1.82, 2.24) is 0 Å². The number of fused-ring (bicyclic) bond motifs is 1. The standard InChI is InChI=1S/C17H14N2O4S.Sr.2H/c1-11-6-8-13(10-16(11)24(21,22)23)18-19-17-14-5-3-2-4-12(14)7-9-15(17)20;;;/h2-10,20H,1H3,(H,21,22,23);;;/b19-18+;;;. The molecular weight excluding hydrogens is 416 g/mol. The molecule has 6 nitrogen and oxygen atoms in total. The Labute approximate surface area is 182 Å². The van der Waals surface area contributed by atoms with Gasteiger partial charge in [0.2, 0.25) is 0 Å². The number of hydrogen-bond donors (Lipinski definition) is 2. The number of aryl methyl sites for hydroxylation is 1. The molecule has 3 rings (SSSR count). The summed E-state index contributed by atoms with van der Waals surface area (Å²) in [5, 5.41) is 19.7. The molecule has 3 aromatic rings. The summed E-state index contributed by atoms with van der Waals surface area (Å²) < 4.78 is 31.9. The molecule has 0 aromatic heterocycles. The summed E-state index contributed by atoms with van der Waals surface area (Å²) in [5.74, 6) is -0.0282. The fourth-order valence-electron chi connectivity index (χ4n) is 2.39. The Morgan fingerprint density at radius 3 is 2.40 bits per heavy atom. The van der Waals surface area contributed by atoms with E-state index in [9.17, 15) is 18.1 Å². The summed E-state index contributed by atoms with van der Waals surface area (Å²) in [5.41, 5.74) is 0.951. The molecule has 0 spiro atoms. The molecule has 0 radical (unpaired) electrons. The molecule has 3 aromatic carbocycles. The van der Waals surface area contributed by atoms with Gasteiger partial charge in [-0.15, -0.1) is 5.11 Å². The predicted molar refractivity (Wildman–Crippen MR) is 99.3 cm³/mol. The van der Waals surface area contributed by atoms with Crippen molar-refractivity contribution in [3.63, 3.8) is 0 Å².